The highest BCUT2D eigenvalue weighted by molar-refractivity contribution is 6.01. The number of hydrogen-bond acceptors (Lipinski definition) is 2. The lowest BCUT2D eigenvalue weighted by molar-refractivity contribution is 0.100. The van der Waals surface area contributed by atoms with Crippen molar-refractivity contribution in [3.8, 4) is 0 Å². The first kappa shape index (κ1) is 8.97. The summed E-state index contributed by atoms with van der Waals surface area (Å²) in [6.45, 7) is 2.07. The Bertz CT molecular complexity index is 485. The van der Waals surface area contributed by atoms with Crippen LogP contribution in [0.2, 0.25) is 0 Å². The maximum atomic E-state index is 11.4. The Balaban J connectivity index is 2.60. The van der Waals surface area contributed by atoms with Gasteiger partial charge in [0.15, 0.2) is 5.78 Å². The first-order valence-electron chi connectivity index (χ1n) is 4.53. The van der Waals surface area contributed by atoms with E-state index >= 15 is 0 Å². The van der Waals surface area contributed by atoms with Crippen LogP contribution in [-0.4, -0.2) is 17.3 Å². The third-order valence-corrected chi connectivity index (χ3v) is 2.40. The van der Waals surface area contributed by atoms with E-state index in [1.165, 1.54) is 0 Å². The van der Waals surface area contributed by atoms with Crippen molar-refractivity contribution >= 4 is 16.7 Å². The van der Waals surface area contributed by atoms with Crippen molar-refractivity contribution in [3.63, 3.8) is 0 Å². The lowest BCUT2D eigenvalue weighted by atomic mass is 10.1. The third-order valence-electron chi connectivity index (χ3n) is 2.40. The van der Waals surface area contributed by atoms with Gasteiger partial charge < -0.3 is 10.7 Å². The Morgan fingerprint density at radius 1 is 1.50 bits per heavy atom. The van der Waals surface area contributed by atoms with Crippen molar-refractivity contribution in [2.45, 2.75) is 6.92 Å². The maximum Gasteiger partial charge on any atom is 0.176 e. The van der Waals surface area contributed by atoms with Gasteiger partial charge in [0.25, 0.3) is 0 Å². The molecule has 72 valence electrons. The zero-order valence-corrected chi connectivity index (χ0v) is 8.00. The summed E-state index contributed by atoms with van der Waals surface area (Å²) in [6.07, 6.45) is 1.93. The fourth-order valence-corrected chi connectivity index (χ4v) is 1.55. The number of rotatable bonds is 2. The number of fused-ring (bicyclic) bond motifs is 1. The van der Waals surface area contributed by atoms with Gasteiger partial charge in [-0.05, 0) is 30.7 Å². The van der Waals surface area contributed by atoms with E-state index in [-0.39, 0.29) is 12.3 Å². The van der Waals surface area contributed by atoms with Gasteiger partial charge in [-0.3, -0.25) is 4.79 Å². The number of nitrogens with two attached hydrogens (primary N) is 1. The second-order valence-electron chi connectivity index (χ2n) is 3.36. The second-order valence-corrected chi connectivity index (χ2v) is 3.36. The molecule has 0 saturated heterocycles. The highest BCUT2D eigenvalue weighted by atomic mass is 16.1. The van der Waals surface area contributed by atoms with Crippen LogP contribution >= 0.6 is 0 Å². The molecule has 1 aromatic carbocycles. The summed E-state index contributed by atoms with van der Waals surface area (Å²) in [4.78, 5) is 14.5. The molecule has 0 bridgehead atoms. The molecule has 0 aliphatic heterocycles. The molecule has 0 aliphatic carbocycles. The highest BCUT2D eigenvalue weighted by Gasteiger charge is 2.05. The molecule has 2 aromatic rings. The van der Waals surface area contributed by atoms with Crippen molar-refractivity contribution in [2.24, 2.45) is 5.73 Å². The number of carbonyl (C=O) groups excluding carboxylic acids is 1. The molecule has 0 amide bonds. The molecule has 1 aromatic heterocycles. The van der Waals surface area contributed by atoms with Crippen LogP contribution < -0.4 is 5.73 Å². The van der Waals surface area contributed by atoms with E-state index in [1.807, 2.05) is 25.3 Å². The van der Waals surface area contributed by atoms with Crippen molar-refractivity contribution in [3.05, 3.63) is 35.5 Å². The average molecular weight is 188 g/mol. The smallest absolute Gasteiger partial charge is 0.176 e. The number of aromatic amines is 1. The van der Waals surface area contributed by atoms with Gasteiger partial charge in [-0.25, -0.2) is 0 Å². The number of aromatic nitrogens is 1. The molecular formula is C11H12N2O. The molecule has 0 aliphatic rings. The number of nitrogens with one attached hydrogen (secondary N) is 1. The number of hydrogen-bond donors (Lipinski definition) is 2. The van der Waals surface area contributed by atoms with Gasteiger partial charge in [0.1, 0.15) is 0 Å². The summed E-state index contributed by atoms with van der Waals surface area (Å²) in [5, 5.41) is 1.09. The molecule has 0 radical (unpaired) electrons. The minimum Gasteiger partial charge on any atom is -0.361 e. The molecule has 0 atom stereocenters. The van der Waals surface area contributed by atoms with Crippen LogP contribution in [-0.2, 0) is 0 Å². The average Bonchev–Trinajstić information content (AvgIpc) is 2.59. The molecule has 0 fully saturated rings. The van der Waals surface area contributed by atoms with Crippen LogP contribution in [0.1, 0.15) is 15.9 Å². The van der Waals surface area contributed by atoms with Gasteiger partial charge in [0.05, 0.1) is 6.54 Å². The SMILES string of the molecule is Cc1c[nH]c2ccc(C(=O)CN)cc12. The number of aryl methyl sites for hydroxylation is 1. The first-order chi connectivity index (χ1) is 6.72. The lowest BCUT2D eigenvalue weighted by Gasteiger charge is -1.98. The van der Waals surface area contributed by atoms with Crippen LogP contribution in [0.15, 0.2) is 24.4 Å². The maximum absolute atomic E-state index is 11.4. The molecule has 14 heavy (non-hydrogen) atoms. The van der Waals surface area contributed by atoms with Gasteiger partial charge in [-0.15, -0.1) is 0 Å². The Hall–Kier alpha value is -1.61. The van der Waals surface area contributed by atoms with Crippen molar-refractivity contribution in [1.29, 1.82) is 0 Å². The van der Waals surface area contributed by atoms with Crippen molar-refractivity contribution in [1.82, 2.24) is 4.98 Å². The normalized spacial score (nSPS) is 10.7. The summed E-state index contributed by atoms with van der Waals surface area (Å²) in [5.74, 6) is -0.0208. The minimum atomic E-state index is -0.0208. The summed E-state index contributed by atoms with van der Waals surface area (Å²) in [5.41, 5.74) is 8.18. The molecule has 3 N–H and O–H groups in total. The van der Waals surface area contributed by atoms with Gasteiger partial charge in [-0.1, -0.05) is 0 Å². The summed E-state index contributed by atoms with van der Waals surface area (Å²) in [6, 6.07) is 5.59. The zero-order valence-electron chi connectivity index (χ0n) is 8.00. The predicted octanol–water partition coefficient (Wildman–Crippen LogP) is 1.62. The zero-order chi connectivity index (χ0) is 10.1. The highest BCUT2D eigenvalue weighted by Crippen LogP contribution is 2.18. The van der Waals surface area contributed by atoms with Crippen molar-refractivity contribution in [2.75, 3.05) is 6.54 Å². The molecule has 2 rings (SSSR count). The Morgan fingerprint density at radius 2 is 2.29 bits per heavy atom. The van der Waals surface area contributed by atoms with Gasteiger partial charge in [-0.2, -0.15) is 0 Å². The Morgan fingerprint density at radius 3 is 3.00 bits per heavy atom. The van der Waals surface area contributed by atoms with Crippen molar-refractivity contribution < 1.29 is 4.79 Å². The molecule has 3 heteroatoms. The minimum absolute atomic E-state index is 0.0208. The molecule has 0 unspecified atom stereocenters. The number of ketones is 1. The van der Waals surface area contributed by atoms with E-state index in [4.69, 9.17) is 5.73 Å². The summed E-state index contributed by atoms with van der Waals surface area (Å²) in [7, 11) is 0. The van der Waals surface area contributed by atoms with E-state index in [1.54, 1.807) is 6.07 Å². The van der Waals surface area contributed by atoms with Crippen LogP contribution in [0.25, 0.3) is 10.9 Å². The first-order valence-corrected chi connectivity index (χ1v) is 4.53. The molecule has 1 heterocycles. The standard InChI is InChI=1S/C11H12N2O/c1-7-6-13-10-3-2-8(4-9(7)10)11(14)5-12/h2-4,6,13H,5,12H2,1H3. The fourth-order valence-electron chi connectivity index (χ4n) is 1.55. The van der Waals surface area contributed by atoms with Crippen LogP contribution in [0.3, 0.4) is 0 Å². The lowest BCUT2D eigenvalue weighted by Crippen LogP contribution is -2.13. The quantitative estimate of drug-likeness (QED) is 0.703. The van der Waals surface area contributed by atoms with Gasteiger partial charge >= 0.3 is 0 Å². The number of benzene rings is 1. The van der Waals surface area contributed by atoms with E-state index in [9.17, 15) is 4.79 Å². The van der Waals surface area contributed by atoms with Crippen LogP contribution in [0.5, 0.6) is 0 Å². The topological polar surface area (TPSA) is 58.9 Å². The van der Waals surface area contributed by atoms with Crippen LogP contribution in [0, 0.1) is 6.92 Å². The van der Waals surface area contributed by atoms with Gasteiger partial charge in [0.2, 0.25) is 0 Å². The molecule has 3 nitrogen and oxygen atoms in total. The molecule has 0 spiro atoms. The van der Waals surface area contributed by atoms with E-state index < -0.39 is 0 Å². The second kappa shape index (κ2) is 3.27. The van der Waals surface area contributed by atoms with E-state index in [2.05, 4.69) is 4.98 Å². The Kier molecular flexibility index (Phi) is 2.09. The Labute approximate surface area is 81.9 Å². The third kappa shape index (κ3) is 1.32. The number of Topliss-reactive ketones (excluding diaryl/α,β-unsaturated/α-hetero) is 1. The fraction of sp³-hybridized carbons (Fsp3) is 0.182. The largest absolute Gasteiger partial charge is 0.361 e. The molecule has 0 saturated carbocycles. The number of H-pyrrole nitrogens is 1. The van der Waals surface area contributed by atoms with E-state index in [0.29, 0.717) is 5.56 Å². The summed E-state index contributed by atoms with van der Waals surface area (Å²) < 4.78 is 0. The van der Waals surface area contributed by atoms with Gasteiger partial charge in [0, 0.05) is 22.7 Å². The monoisotopic (exact) mass is 188 g/mol. The van der Waals surface area contributed by atoms with Crippen LogP contribution in [0.4, 0.5) is 0 Å². The predicted molar refractivity (Wildman–Crippen MR) is 56.4 cm³/mol. The number of carbonyl (C=O) groups is 1. The molecular weight excluding hydrogens is 176 g/mol. The summed E-state index contributed by atoms with van der Waals surface area (Å²) >= 11 is 0. The van der Waals surface area contributed by atoms with E-state index in [0.717, 1.165) is 16.5 Å².